The van der Waals surface area contributed by atoms with Gasteiger partial charge in [-0.1, -0.05) is 24.0 Å². The summed E-state index contributed by atoms with van der Waals surface area (Å²) in [5.41, 5.74) is 9.10. The van der Waals surface area contributed by atoms with Crippen molar-refractivity contribution in [2.24, 2.45) is 5.41 Å². The van der Waals surface area contributed by atoms with Crippen LogP contribution >= 0.6 is 11.3 Å². The van der Waals surface area contributed by atoms with Crippen molar-refractivity contribution in [1.29, 1.82) is 0 Å². The largest absolute Gasteiger partial charge is 0.485 e. The van der Waals surface area contributed by atoms with Crippen molar-refractivity contribution in [3.63, 3.8) is 0 Å². The lowest BCUT2D eigenvalue weighted by molar-refractivity contribution is 0.255. The first kappa shape index (κ1) is 23.3. The molecule has 2 N–H and O–H groups in total. The van der Waals surface area contributed by atoms with Crippen molar-refractivity contribution in [1.82, 2.24) is 14.9 Å². The third-order valence-corrected chi connectivity index (χ3v) is 6.87. The van der Waals surface area contributed by atoms with Gasteiger partial charge in [0.1, 0.15) is 6.61 Å². The molecular weight excluding hydrogens is 428 g/mol. The van der Waals surface area contributed by atoms with Gasteiger partial charge in [0.25, 0.3) is 0 Å². The quantitative estimate of drug-likeness (QED) is 0.504. The van der Waals surface area contributed by atoms with Crippen LogP contribution in [0.1, 0.15) is 55.7 Å². The number of pyridine rings is 1. The van der Waals surface area contributed by atoms with Crippen LogP contribution in [0.5, 0.6) is 5.75 Å². The van der Waals surface area contributed by atoms with Crippen molar-refractivity contribution in [3.05, 3.63) is 58.9 Å². The molecule has 0 aliphatic carbocycles. The van der Waals surface area contributed by atoms with E-state index in [-0.39, 0.29) is 5.41 Å². The van der Waals surface area contributed by atoms with Crippen molar-refractivity contribution >= 4 is 17.2 Å². The van der Waals surface area contributed by atoms with E-state index in [1.165, 1.54) is 5.01 Å². The summed E-state index contributed by atoms with van der Waals surface area (Å²) in [5.74, 6) is 8.05. The molecule has 6 heteroatoms. The summed E-state index contributed by atoms with van der Waals surface area (Å²) in [6.45, 7) is 8.98. The highest BCUT2D eigenvalue weighted by molar-refractivity contribution is 7.15. The SMILES string of the molecule is CN1CCC(c2ncc(-c3cnc(N)c(OCc4cccc(C#CC(C)(C)C)c4)c3)s2)CC1. The number of likely N-dealkylation sites (tertiary alicyclic amines) is 1. The van der Waals surface area contributed by atoms with E-state index in [0.717, 1.165) is 47.5 Å². The maximum absolute atomic E-state index is 6.12. The molecule has 0 unspecified atom stereocenters. The van der Waals surface area contributed by atoms with Gasteiger partial charge in [-0.05, 0) is 77.5 Å². The summed E-state index contributed by atoms with van der Waals surface area (Å²) < 4.78 is 6.06. The third kappa shape index (κ3) is 6.34. The molecule has 0 bridgehead atoms. The number of aromatic nitrogens is 2. The Bertz CT molecular complexity index is 1160. The van der Waals surface area contributed by atoms with Crippen molar-refractivity contribution in [2.75, 3.05) is 25.9 Å². The molecule has 4 rings (SSSR count). The molecule has 3 heterocycles. The van der Waals surface area contributed by atoms with Gasteiger partial charge in [0.05, 0.1) is 9.88 Å². The molecule has 3 aromatic rings. The highest BCUT2D eigenvalue weighted by Gasteiger charge is 2.21. The Morgan fingerprint density at radius 1 is 1.15 bits per heavy atom. The molecule has 1 aliphatic heterocycles. The second-order valence-corrected chi connectivity index (χ2v) is 10.8. The maximum atomic E-state index is 6.12. The number of ether oxygens (including phenoxy) is 1. The Labute approximate surface area is 201 Å². The van der Waals surface area contributed by atoms with E-state index in [9.17, 15) is 0 Å². The fourth-order valence-electron chi connectivity index (χ4n) is 3.73. The highest BCUT2D eigenvalue weighted by atomic mass is 32.1. The molecule has 0 spiro atoms. The maximum Gasteiger partial charge on any atom is 0.166 e. The average molecular weight is 461 g/mol. The van der Waals surface area contributed by atoms with Crippen LogP contribution in [0.25, 0.3) is 10.4 Å². The number of hydrogen-bond donors (Lipinski definition) is 1. The first-order chi connectivity index (χ1) is 15.8. The Balaban J connectivity index is 1.46. The van der Waals surface area contributed by atoms with Crippen LogP contribution in [0.2, 0.25) is 0 Å². The molecule has 0 saturated carbocycles. The van der Waals surface area contributed by atoms with Gasteiger partial charge in [-0.15, -0.1) is 11.3 Å². The second-order valence-electron chi connectivity index (χ2n) is 9.74. The van der Waals surface area contributed by atoms with E-state index in [2.05, 4.69) is 55.6 Å². The fraction of sp³-hybridized carbons (Fsp3) is 0.407. The topological polar surface area (TPSA) is 64.3 Å². The summed E-state index contributed by atoms with van der Waals surface area (Å²) in [7, 11) is 2.18. The van der Waals surface area contributed by atoms with Crippen LogP contribution in [0.4, 0.5) is 5.82 Å². The molecule has 1 fully saturated rings. The lowest BCUT2D eigenvalue weighted by atomic mass is 9.97. The van der Waals surface area contributed by atoms with Gasteiger partial charge < -0.3 is 15.4 Å². The second kappa shape index (κ2) is 9.94. The number of thiazole rings is 1. The zero-order valence-electron chi connectivity index (χ0n) is 19.9. The summed E-state index contributed by atoms with van der Waals surface area (Å²) in [4.78, 5) is 12.6. The number of piperidine rings is 1. The molecule has 172 valence electrons. The lowest BCUT2D eigenvalue weighted by Gasteiger charge is -2.27. The minimum Gasteiger partial charge on any atom is -0.485 e. The Hall–Kier alpha value is -2.88. The number of nitrogens with two attached hydrogens (primary N) is 1. The molecular formula is C27H32N4OS. The Kier molecular flexibility index (Phi) is 7.02. The number of rotatable bonds is 5. The van der Waals surface area contributed by atoms with Crippen molar-refractivity contribution in [2.45, 2.75) is 46.1 Å². The van der Waals surface area contributed by atoms with Crippen LogP contribution < -0.4 is 10.5 Å². The van der Waals surface area contributed by atoms with E-state index in [0.29, 0.717) is 24.1 Å². The minimum absolute atomic E-state index is 0.0308. The monoisotopic (exact) mass is 460 g/mol. The van der Waals surface area contributed by atoms with E-state index in [1.54, 1.807) is 17.5 Å². The number of hydrogen-bond acceptors (Lipinski definition) is 6. The summed E-state index contributed by atoms with van der Waals surface area (Å²) in [6.07, 6.45) is 6.08. The summed E-state index contributed by atoms with van der Waals surface area (Å²) in [6, 6.07) is 10.1. The zero-order valence-corrected chi connectivity index (χ0v) is 20.7. The highest BCUT2D eigenvalue weighted by Crippen LogP contribution is 2.36. The number of anilines is 1. The molecule has 1 aromatic carbocycles. The van der Waals surface area contributed by atoms with E-state index < -0.39 is 0 Å². The summed E-state index contributed by atoms with van der Waals surface area (Å²) in [5, 5.41) is 1.21. The smallest absolute Gasteiger partial charge is 0.166 e. The van der Waals surface area contributed by atoms with Crippen LogP contribution in [0, 0.1) is 17.3 Å². The van der Waals surface area contributed by atoms with Gasteiger partial charge in [-0.2, -0.15) is 0 Å². The van der Waals surface area contributed by atoms with Gasteiger partial charge >= 0.3 is 0 Å². The van der Waals surface area contributed by atoms with Crippen LogP contribution in [-0.2, 0) is 6.61 Å². The predicted molar refractivity (Wildman–Crippen MR) is 136 cm³/mol. The van der Waals surface area contributed by atoms with E-state index >= 15 is 0 Å². The molecule has 0 radical (unpaired) electrons. The molecule has 1 saturated heterocycles. The molecule has 0 amide bonds. The fourth-order valence-corrected chi connectivity index (χ4v) is 4.80. The standard InChI is InChI=1S/C27H32N4OS/c1-27(2,3)11-8-19-6-5-7-20(14-19)18-32-23-15-22(16-29-25(23)28)24-17-30-26(33-24)21-9-12-31(4)13-10-21/h5-7,14-17,21H,9-10,12-13,18H2,1-4H3,(H2,28,29). The molecule has 5 nitrogen and oxygen atoms in total. The van der Waals surface area contributed by atoms with Gasteiger partial charge in [-0.3, -0.25) is 0 Å². The van der Waals surface area contributed by atoms with E-state index in [1.807, 2.05) is 30.5 Å². The number of nitrogen functional groups attached to an aromatic ring is 1. The normalized spacial score (nSPS) is 15.2. The van der Waals surface area contributed by atoms with Gasteiger partial charge in [-0.25, -0.2) is 9.97 Å². The summed E-state index contributed by atoms with van der Waals surface area (Å²) >= 11 is 1.75. The van der Waals surface area contributed by atoms with Crippen LogP contribution in [-0.4, -0.2) is 35.0 Å². The van der Waals surface area contributed by atoms with Crippen molar-refractivity contribution < 1.29 is 4.74 Å². The van der Waals surface area contributed by atoms with Crippen LogP contribution in [0.15, 0.2) is 42.7 Å². The molecule has 1 aliphatic rings. The average Bonchev–Trinajstić information content (AvgIpc) is 3.28. The Morgan fingerprint density at radius 2 is 1.94 bits per heavy atom. The first-order valence-corrected chi connectivity index (χ1v) is 12.2. The minimum atomic E-state index is -0.0308. The first-order valence-electron chi connectivity index (χ1n) is 11.4. The van der Waals surface area contributed by atoms with Crippen molar-refractivity contribution in [3.8, 4) is 28.0 Å². The molecule has 33 heavy (non-hydrogen) atoms. The third-order valence-electron chi connectivity index (χ3n) is 5.66. The Morgan fingerprint density at radius 3 is 2.70 bits per heavy atom. The van der Waals surface area contributed by atoms with Crippen LogP contribution in [0.3, 0.4) is 0 Å². The van der Waals surface area contributed by atoms with E-state index in [4.69, 9.17) is 15.5 Å². The molecule has 2 aromatic heterocycles. The predicted octanol–water partition coefficient (Wildman–Crippen LogP) is 5.57. The number of benzene rings is 1. The lowest BCUT2D eigenvalue weighted by Crippen LogP contribution is -2.29. The van der Waals surface area contributed by atoms with Gasteiger partial charge in [0, 0.05) is 34.9 Å². The zero-order chi connectivity index (χ0) is 23.4. The number of nitrogens with zero attached hydrogens (tertiary/aromatic N) is 3. The van der Waals surface area contributed by atoms with Gasteiger partial charge in [0.15, 0.2) is 11.6 Å². The molecule has 0 atom stereocenters. The van der Waals surface area contributed by atoms with Gasteiger partial charge in [0.2, 0.25) is 0 Å².